The van der Waals surface area contributed by atoms with Crippen molar-refractivity contribution in [2.45, 2.75) is 30.3 Å². The van der Waals surface area contributed by atoms with E-state index >= 15 is 0 Å². The Kier molecular flexibility index (Phi) is 6.13. The van der Waals surface area contributed by atoms with Crippen molar-refractivity contribution in [1.29, 1.82) is 0 Å². The fourth-order valence-corrected chi connectivity index (χ4v) is 5.62. The van der Waals surface area contributed by atoms with Gasteiger partial charge in [0.2, 0.25) is 0 Å². The molecule has 0 amide bonds. The number of hydrogen-bond acceptors (Lipinski definition) is 4. The first kappa shape index (κ1) is 20.9. The van der Waals surface area contributed by atoms with E-state index in [-0.39, 0.29) is 10.9 Å². The number of likely N-dealkylation sites (tertiary alicyclic amines) is 1. The van der Waals surface area contributed by atoms with Crippen molar-refractivity contribution in [1.82, 2.24) is 4.90 Å². The molecule has 5 nitrogen and oxygen atoms in total. The highest BCUT2D eigenvalue weighted by Gasteiger charge is 2.34. The summed E-state index contributed by atoms with van der Waals surface area (Å²) < 4.78 is 47.4. The molecule has 1 aliphatic rings. The number of anilines is 1. The number of halogens is 2. The quantitative estimate of drug-likeness (QED) is 0.536. The van der Waals surface area contributed by atoms with Crippen LogP contribution >= 0.6 is 11.6 Å². The molecule has 0 bridgehead atoms. The monoisotopic (exact) mass is 448 g/mol. The zero-order chi connectivity index (χ0) is 21.1. The zero-order valence-electron chi connectivity index (χ0n) is 16.2. The minimum absolute atomic E-state index is 0.161. The van der Waals surface area contributed by atoms with Crippen molar-refractivity contribution >= 4 is 27.3 Å². The molecule has 1 fully saturated rings. The van der Waals surface area contributed by atoms with Gasteiger partial charge in [-0.2, -0.15) is 0 Å². The van der Waals surface area contributed by atoms with Gasteiger partial charge in [0, 0.05) is 24.2 Å². The van der Waals surface area contributed by atoms with Gasteiger partial charge in [-0.05, 0) is 73.5 Å². The van der Waals surface area contributed by atoms with Gasteiger partial charge in [0.15, 0.2) is 0 Å². The van der Waals surface area contributed by atoms with E-state index in [4.69, 9.17) is 16.0 Å². The van der Waals surface area contributed by atoms with Crippen molar-refractivity contribution < 1.29 is 17.2 Å². The molecule has 0 N–H and O–H groups in total. The Bertz CT molecular complexity index is 1060. The molecule has 30 heavy (non-hydrogen) atoms. The fourth-order valence-electron chi connectivity index (χ4n) is 3.79. The Morgan fingerprint density at radius 1 is 1.03 bits per heavy atom. The third kappa shape index (κ3) is 4.53. The van der Waals surface area contributed by atoms with Gasteiger partial charge < -0.3 is 4.42 Å². The van der Waals surface area contributed by atoms with Crippen LogP contribution in [0.4, 0.5) is 10.1 Å². The van der Waals surface area contributed by atoms with Crippen LogP contribution in [0.5, 0.6) is 0 Å². The van der Waals surface area contributed by atoms with Crippen molar-refractivity contribution in [2.75, 3.05) is 17.4 Å². The summed E-state index contributed by atoms with van der Waals surface area (Å²) >= 11 is 5.94. The lowest BCUT2D eigenvalue weighted by Gasteiger charge is -2.38. The van der Waals surface area contributed by atoms with Crippen LogP contribution in [0.3, 0.4) is 0 Å². The van der Waals surface area contributed by atoms with Crippen LogP contribution in [0.2, 0.25) is 5.02 Å². The highest BCUT2D eigenvalue weighted by atomic mass is 35.5. The molecule has 0 spiro atoms. The summed E-state index contributed by atoms with van der Waals surface area (Å²) in [5, 5.41) is 0.466. The van der Waals surface area contributed by atoms with Crippen LogP contribution in [0.15, 0.2) is 76.2 Å². The van der Waals surface area contributed by atoms with Gasteiger partial charge in [-0.15, -0.1) is 0 Å². The molecule has 0 saturated carbocycles. The zero-order valence-corrected chi connectivity index (χ0v) is 17.8. The predicted octanol–water partition coefficient (Wildman–Crippen LogP) is 4.93. The second-order valence-electron chi connectivity index (χ2n) is 7.32. The predicted molar refractivity (Wildman–Crippen MR) is 115 cm³/mol. The maximum Gasteiger partial charge on any atom is 0.264 e. The lowest BCUT2D eigenvalue weighted by atomic mass is 10.0. The first-order valence-corrected chi connectivity index (χ1v) is 11.6. The standard InChI is InChI=1S/C22H22ClFN2O3S/c23-17-3-9-22(10-4-17)30(27,28)26(19-7-5-18(24)6-8-19)20-11-13-25(14-12-20)16-21-2-1-15-29-21/h1-10,15,20H,11-14,16H2. The molecular weight excluding hydrogens is 427 g/mol. The molecule has 0 atom stereocenters. The molecule has 158 valence electrons. The maximum atomic E-state index is 13.5. The summed E-state index contributed by atoms with van der Waals surface area (Å²) in [6.45, 7) is 2.17. The molecule has 1 saturated heterocycles. The Hall–Kier alpha value is -2.35. The summed E-state index contributed by atoms with van der Waals surface area (Å²) in [6.07, 6.45) is 2.97. The van der Waals surface area contributed by atoms with E-state index < -0.39 is 15.8 Å². The summed E-state index contributed by atoms with van der Waals surface area (Å²) in [5.74, 6) is 0.480. The van der Waals surface area contributed by atoms with Gasteiger partial charge in [-0.25, -0.2) is 12.8 Å². The largest absolute Gasteiger partial charge is 0.468 e. The third-order valence-electron chi connectivity index (χ3n) is 5.30. The number of piperidine rings is 1. The van der Waals surface area contributed by atoms with Crippen molar-refractivity contribution in [3.8, 4) is 0 Å². The van der Waals surface area contributed by atoms with Gasteiger partial charge in [0.25, 0.3) is 10.0 Å². The molecule has 8 heteroatoms. The van der Waals surface area contributed by atoms with E-state index in [2.05, 4.69) is 4.90 Å². The molecule has 2 heterocycles. The maximum absolute atomic E-state index is 13.5. The smallest absolute Gasteiger partial charge is 0.264 e. The minimum atomic E-state index is -3.84. The van der Waals surface area contributed by atoms with E-state index in [9.17, 15) is 12.8 Å². The van der Waals surface area contributed by atoms with Crippen LogP contribution in [-0.2, 0) is 16.6 Å². The van der Waals surface area contributed by atoms with Gasteiger partial charge >= 0.3 is 0 Å². The van der Waals surface area contributed by atoms with E-state index in [0.29, 0.717) is 30.1 Å². The first-order valence-electron chi connectivity index (χ1n) is 9.74. The summed E-state index contributed by atoms with van der Waals surface area (Å²) in [4.78, 5) is 2.40. The molecule has 0 radical (unpaired) electrons. The van der Waals surface area contributed by atoms with Crippen LogP contribution in [-0.4, -0.2) is 32.4 Å². The van der Waals surface area contributed by atoms with E-state index in [1.165, 1.54) is 40.7 Å². The Balaban J connectivity index is 1.60. The molecule has 1 aliphatic heterocycles. The highest BCUT2D eigenvalue weighted by molar-refractivity contribution is 7.92. The second kappa shape index (κ2) is 8.79. The molecular formula is C22H22ClFN2O3S. The second-order valence-corrected chi connectivity index (χ2v) is 9.57. The Morgan fingerprint density at radius 2 is 1.70 bits per heavy atom. The average molecular weight is 449 g/mol. The number of benzene rings is 2. The number of rotatable bonds is 6. The molecule has 3 aromatic rings. The van der Waals surface area contributed by atoms with Gasteiger partial charge in [-0.1, -0.05) is 11.6 Å². The van der Waals surface area contributed by atoms with Crippen LogP contribution in [0, 0.1) is 5.82 Å². The first-order chi connectivity index (χ1) is 14.4. The average Bonchev–Trinajstić information content (AvgIpc) is 3.24. The van der Waals surface area contributed by atoms with Crippen molar-refractivity contribution in [3.63, 3.8) is 0 Å². The number of furan rings is 1. The lowest BCUT2D eigenvalue weighted by molar-refractivity contribution is 0.193. The topological polar surface area (TPSA) is 53.8 Å². The number of sulfonamides is 1. The van der Waals surface area contributed by atoms with Crippen LogP contribution < -0.4 is 4.31 Å². The Labute approximate surface area is 180 Å². The van der Waals surface area contributed by atoms with E-state index in [0.717, 1.165) is 18.8 Å². The van der Waals surface area contributed by atoms with Gasteiger partial charge in [0.1, 0.15) is 11.6 Å². The number of hydrogen-bond donors (Lipinski definition) is 0. The van der Waals surface area contributed by atoms with E-state index in [1.54, 1.807) is 18.4 Å². The molecule has 0 unspecified atom stereocenters. The number of nitrogens with zero attached hydrogens (tertiary/aromatic N) is 2. The molecule has 4 rings (SSSR count). The lowest BCUT2D eigenvalue weighted by Crippen LogP contribution is -2.47. The highest BCUT2D eigenvalue weighted by Crippen LogP contribution is 2.31. The summed E-state index contributed by atoms with van der Waals surface area (Å²) in [5.41, 5.74) is 0.454. The third-order valence-corrected chi connectivity index (χ3v) is 7.45. The van der Waals surface area contributed by atoms with Gasteiger partial charge in [-0.3, -0.25) is 9.21 Å². The minimum Gasteiger partial charge on any atom is -0.468 e. The summed E-state index contributed by atoms with van der Waals surface area (Å²) in [7, 11) is -3.84. The molecule has 2 aromatic carbocycles. The Morgan fingerprint density at radius 3 is 2.30 bits per heavy atom. The van der Waals surface area contributed by atoms with Crippen LogP contribution in [0.25, 0.3) is 0 Å². The summed E-state index contributed by atoms with van der Waals surface area (Å²) in [6, 6.07) is 15.3. The SMILES string of the molecule is O=S(=O)(c1ccc(Cl)cc1)N(c1ccc(F)cc1)C1CCN(Cc2ccco2)CC1. The van der Waals surface area contributed by atoms with Crippen molar-refractivity contribution in [3.05, 3.63) is 83.5 Å². The molecule has 0 aliphatic carbocycles. The fraction of sp³-hybridized carbons (Fsp3) is 0.273. The molecule has 1 aromatic heterocycles. The van der Waals surface area contributed by atoms with Crippen LogP contribution in [0.1, 0.15) is 18.6 Å². The van der Waals surface area contributed by atoms with Crippen molar-refractivity contribution in [2.24, 2.45) is 0 Å². The van der Waals surface area contributed by atoms with E-state index in [1.807, 2.05) is 12.1 Å². The normalized spacial score (nSPS) is 15.9. The van der Waals surface area contributed by atoms with Gasteiger partial charge in [0.05, 0.1) is 23.4 Å².